The molecule has 110 valence electrons. The van der Waals surface area contributed by atoms with Gasteiger partial charge in [-0.1, -0.05) is 77.2 Å². The topological polar surface area (TPSA) is 12.0 Å². The van der Waals surface area contributed by atoms with Crippen molar-refractivity contribution in [2.24, 2.45) is 5.41 Å². The molecule has 0 saturated carbocycles. The first-order valence-corrected chi connectivity index (χ1v) is 8.42. The molecule has 0 aliphatic heterocycles. The Kier molecular flexibility index (Phi) is 3.98. The second-order valence-corrected chi connectivity index (χ2v) is 7.92. The van der Waals surface area contributed by atoms with Gasteiger partial charge in [0.25, 0.3) is 0 Å². The average molecular weight is 385 g/mol. The van der Waals surface area contributed by atoms with Gasteiger partial charge in [0, 0.05) is 4.47 Å². The minimum absolute atomic E-state index is 0.115. The summed E-state index contributed by atoms with van der Waals surface area (Å²) in [6.45, 7) is 4.54. The van der Waals surface area contributed by atoms with Gasteiger partial charge in [0.1, 0.15) is 0 Å². The molecule has 0 heterocycles. The third-order valence-corrected chi connectivity index (χ3v) is 5.14. The summed E-state index contributed by atoms with van der Waals surface area (Å²) in [6.07, 6.45) is 1.05. The minimum atomic E-state index is 0.115. The Morgan fingerprint density at radius 1 is 1.14 bits per heavy atom. The van der Waals surface area contributed by atoms with Crippen molar-refractivity contribution in [2.45, 2.75) is 26.3 Å². The van der Waals surface area contributed by atoms with Gasteiger partial charge in [-0.25, -0.2) is 0 Å². The number of rotatable bonds is 2. The van der Waals surface area contributed by atoms with Crippen LogP contribution in [-0.2, 0) is 6.42 Å². The van der Waals surface area contributed by atoms with Crippen LogP contribution in [0.1, 0.15) is 31.0 Å². The molecule has 0 amide bonds. The largest absolute Gasteiger partial charge is 0.375 e. The van der Waals surface area contributed by atoms with Crippen LogP contribution in [0.3, 0.4) is 0 Å². The molecule has 0 bridgehead atoms. The van der Waals surface area contributed by atoms with Crippen LogP contribution in [0.15, 0.2) is 40.9 Å². The Morgan fingerprint density at radius 2 is 1.76 bits per heavy atom. The van der Waals surface area contributed by atoms with E-state index in [1.54, 1.807) is 0 Å². The van der Waals surface area contributed by atoms with Crippen molar-refractivity contribution in [3.05, 3.63) is 62.0 Å². The Hall–Kier alpha value is -0.700. The van der Waals surface area contributed by atoms with Gasteiger partial charge in [-0.3, -0.25) is 0 Å². The number of hydrogen-bond acceptors (Lipinski definition) is 1. The fourth-order valence-corrected chi connectivity index (χ4v) is 4.41. The zero-order chi connectivity index (χ0) is 15.2. The van der Waals surface area contributed by atoms with Gasteiger partial charge < -0.3 is 5.32 Å². The molecule has 0 spiro atoms. The Balaban J connectivity index is 2.02. The minimum Gasteiger partial charge on any atom is -0.375 e. The van der Waals surface area contributed by atoms with E-state index in [0.29, 0.717) is 10.0 Å². The summed E-state index contributed by atoms with van der Waals surface area (Å²) >= 11 is 16.1. The maximum absolute atomic E-state index is 6.36. The van der Waals surface area contributed by atoms with Crippen molar-refractivity contribution in [3.8, 4) is 0 Å². The van der Waals surface area contributed by atoms with Gasteiger partial charge in [-0.15, -0.1) is 0 Å². The molecular weight excluding hydrogens is 369 g/mol. The van der Waals surface area contributed by atoms with Gasteiger partial charge >= 0.3 is 0 Å². The number of anilines is 1. The first-order valence-electron chi connectivity index (χ1n) is 6.87. The summed E-state index contributed by atoms with van der Waals surface area (Å²) in [7, 11) is 0. The molecule has 2 aromatic carbocycles. The van der Waals surface area contributed by atoms with E-state index in [2.05, 4.69) is 59.4 Å². The molecule has 0 aromatic heterocycles. The zero-order valence-electron chi connectivity index (χ0n) is 11.9. The second kappa shape index (κ2) is 5.49. The first-order chi connectivity index (χ1) is 9.88. The van der Waals surface area contributed by atoms with E-state index < -0.39 is 0 Å². The van der Waals surface area contributed by atoms with E-state index in [-0.39, 0.29) is 11.5 Å². The molecule has 1 atom stereocenters. The summed E-state index contributed by atoms with van der Waals surface area (Å²) in [5, 5.41) is 4.83. The highest BCUT2D eigenvalue weighted by Gasteiger charge is 2.39. The SMILES string of the molecule is CC1(C)Cc2ccccc2C1Nc1c(Cl)cc(Br)cc1Cl. The van der Waals surface area contributed by atoms with Gasteiger partial charge in [0.15, 0.2) is 0 Å². The molecular formula is C17H16BrCl2N. The number of nitrogens with one attached hydrogen (secondary N) is 1. The Bertz CT molecular complexity index is 674. The highest BCUT2D eigenvalue weighted by molar-refractivity contribution is 9.10. The normalized spacial score (nSPS) is 19.4. The lowest BCUT2D eigenvalue weighted by Gasteiger charge is -2.30. The van der Waals surface area contributed by atoms with Crippen LogP contribution in [0.2, 0.25) is 10.0 Å². The van der Waals surface area contributed by atoms with Crippen molar-refractivity contribution in [3.63, 3.8) is 0 Å². The maximum atomic E-state index is 6.36. The van der Waals surface area contributed by atoms with Crippen molar-refractivity contribution in [1.82, 2.24) is 0 Å². The monoisotopic (exact) mass is 383 g/mol. The van der Waals surface area contributed by atoms with E-state index in [1.807, 2.05) is 12.1 Å². The third kappa shape index (κ3) is 2.81. The van der Waals surface area contributed by atoms with Crippen LogP contribution in [-0.4, -0.2) is 0 Å². The third-order valence-electron chi connectivity index (χ3n) is 4.09. The smallest absolute Gasteiger partial charge is 0.0724 e. The second-order valence-electron chi connectivity index (χ2n) is 6.19. The van der Waals surface area contributed by atoms with Crippen molar-refractivity contribution in [2.75, 3.05) is 5.32 Å². The number of halogens is 3. The van der Waals surface area contributed by atoms with E-state index in [9.17, 15) is 0 Å². The number of hydrogen-bond donors (Lipinski definition) is 1. The Morgan fingerprint density at radius 3 is 2.43 bits per heavy atom. The molecule has 4 heteroatoms. The van der Waals surface area contributed by atoms with Gasteiger partial charge in [-0.2, -0.15) is 0 Å². The molecule has 3 rings (SSSR count). The van der Waals surface area contributed by atoms with Crippen LogP contribution < -0.4 is 5.32 Å². The fraction of sp³-hybridized carbons (Fsp3) is 0.294. The summed E-state index contributed by atoms with van der Waals surface area (Å²) in [4.78, 5) is 0. The lowest BCUT2D eigenvalue weighted by molar-refractivity contribution is 0.337. The van der Waals surface area contributed by atoms with E-state index >= 15 is 0 Å². The van der Waals surface area contributed by atoms with E-state index in [4.69, 9.17) is 23.2 Å². The van der Waals surface area contributed by atoms with Crippen LogP contribution in [0.4, 0.5) is 5.69 Å². The predicted molar refractivity (Wildman–Crippen MR) is 94.5 cm³/mol. The lowest BCUT2D eigenvalue weighted by atomic mass is 9.85. The predicted octanol–water partition coefficient (Wildman–Crippen LogP) is 6.49. The van der Waals surface area contributed by atoms with Crippen LogP contribution >= 0.6 is 39.1 Å². The molecule has 1 aliphatic carbocycles. The molecule has 1 unspecified atom stereocenters. The highest BCUT2D eigenvalue weighted by atomic mass is 79.9. The quantitative estimate of drug-likeness (QED) is 0.623. The zero-order valence-corrected chi connectivity index (χ0v) is 15.0. The summed E-state index contributed by atoms with van der Waals surface area (Å²) in [6, 6.07) is 12.5. The van der Waals surface area contributed by atoms with Crippen molar-refractivity contribution >= 4 is 44.8 Å². The molecule has 2 aromatic rings. The summed E-state index contributed by atoms with van der Waals surface area (Å²) in [5.41, 5.74) is 3.64. The number of benzene rings is 2. The number of fused-ring (bicyclic) bond motifs is 1. The van der Waals surface area contributed by atoms with E-state index in [1.165, 1.54) is 11.1 Å². The van der Waals surface area contributed by atoms with Crippen molar-refractivity contribution < 1.29 is 0 Å². The van der Waals surface area contributed by atoms with Crippen molar-refractivity contribution in [1.29, 1.82) is 0 Å². The highest BCUT2D eigenvalue weighted by Crippen LogP contribution is 2.48. The Labute approximate surface area is 143 Å². The summed E-state index contributed by atoms with van der Waals surface area (Å²) in [5.74, 6) is 0. The molecule has 1 aliphatic rings. The summed E-state index contributed by atoms with van der Waals surface area (Å²) < 4.78 is 0.883. The van der Waals surface area contributed by atoms with E-state index in [0.717, 1.165) is 16.6 Å². The molecule has 21 heavy (non-hydrogen) atoms. The van der Waals surface area contributed by atoms with Gasteiger partial charge in [0.05, 0.1) is 21.8 Å². The molecule has 0 fully saturated rings. The lowest BCUT2D eigenvalue weighted by Crippen LogP contribution is -2.24. The van der Waals surface area contributed by atoms with Gasteiger partial charge in [-0.05, 0) is 35.1 Å². The molecule has 0 radical (unpaired) electrons. The first kappa shape index (κ1) is 15.2. The van der Waals surface area contributed by atoms with Crippen LogP contribution in [0.25, 0.3) is 0 Å². The molecule has 1 N–H and O–H groups in total. The fourth-order valence-electron chi connectivity index (χ4n) is 3.09. The maximum Gasteiger partial charge on any atom is 0.0724 e. The molecule has 0 saturated heterocycles. The van der Waals surface area contributed by atoms with Gasteiger partial charge in [0.2, 0.25) is 0 Å². The standard InChI is InChI=1S/C17H16BrCl2N/c1-17(2)9-10-5-3-4-6-12(10)16(17)21-15-13(19)7-11(18)8-14(15)20/h3-8,16,21H,9H2,1-2H3. The van der Waals surface area contributed by atoms with Crippen LogP contribution in [0, 0.1) is 5.41 Å². The average Bonchev–Trinajstić information content (AvgIpc) is 2.63. The molecule has 1 nitrogen and oxygen atoms in total. The van der Waals surface area contributed by atoms with Crippen LogP contribution in [0.5, 0.6) is 0 Å².